The number of hydrogen-bond donors (Lipinski definition) is 0. The van der Waals surface area contributed by atoms with Gasteiger partial charge in [0.2, 0.25) is 0 Å². The molecular formula is C19H19BrO2. The molecule has 0 heterocycles. The van der Waals surface area contributed by atoms with Gasteiger partial charge in [-0.1, -0.05) is 66.2 Å². The maximum Gasteiger partial charge on any atom is 0.331 e. The number of esters is 1. The molecule has 0 spiro atoms. The van der Waals surface area contributed by atoms with E-state index in [0.717, 1.165) is 15.6 Å². The standard InChI is InChI=1S/C19H19BrO2/c1-14(2)17-9-6-15(7-10-17)8-11-19(21)22-13-16-4-3-5-18(20)12-16/h3-12,14H,13H2,1-2H3. The minimum atomic E-state index is -0.340. The summed E-state index contributed by atoms with van der Waals surface area (Å²) in [4.78, 5) is 11.7. The van der Waals surface area contributed by atoms with Crippen LogP contribution in [0.3, 0.4) is 0 Å². The molecule has 0 atom stereocenters. The molecule has 0 saturated heterocycles. The zero-order valence-electron chi connectivity index (χ0n) is 12.8. The molecule has 0 aliphatic carbocycles. The van der Waals surface area contributed by atoms with E-state index in [1.54, 1.807) is 6.08 Å². The van der Waals surface area contributed by atoms with Gasteiger partial charge in [-0.05, 0) is 40.8 Å². The van der Waals surface area contributed by atoms with E-state index in [1.807, 2.05) is 36.4 Å². The summed E-state index contributed by atoms with van der Waals surface area (Å²) in [7, 11) is 0. The van der Waals surface area contributed by atoms with Gasteiger partial charge in [-0.15, -0.1) is 0 Å². The number of carbonyl (C=O) groups excluding carboxylic acids is 1. The predicted molar refractivity (Wildman–Crippen MR) is 93.5 cm³/mol. The highest BCUT2D eigenvalue weighted by atomic mass is 79.9. The molecule has 2 nitrogen and oxygen atoms in total. The Labute approximate surface area is 139 Å². The second kappa shape index (κ2) is 7.95. The fraction of sp³-hybridized carbons (Fsp3) is 0.211. The van der Waals surface area contributed by atoms with Gasteiger partial charge in [0.15, 0.2) is 0 Å². The summed E-state index contributed by atoms with van der Waals surface area (Å²) in [6.07, 6.45) is 3.23. The normalized spacial score (nSPS) is 11.1. The molecule has 0 aliphatic heterocycles. The SMILES string of the molecule is CC(C)c1ccc(C=CC(=O)OCc2cccc(Br)c2)cc1. The zero-order valence-corrected chi connectivity index (χ0v) is 14.3. The average molecular weight is 359 g/mol. The van der Waals surface area contributed by atoms with Crippen LogP contribution in [0.15, 0.2) is 59.1 Å². The third kappa shape index (κ3) is 5.15. The minimum absolute atomic E-state index is 0.273. The lowest BCUT2D eigenvalue weighted by Crippen LogP contribution is -2.00. The first kappa shape index (κ1) is 16.5. The lowest BCUT2D eigenvalue weighted by Gasteiger charge is -2.05. The molecule has 2 aromatic carbocycles. The van der Waals surface area contributed by atoms with Crippen molar-refractivity contribution in [2.75, 3.05) is 0 Å². The van der Waals surface area contributed by atoms with Crippen molar-refractivity contribution in [1.82, 2.24) is 0 Å². The second-order valence-corrected chi connectivity index (χ2v) is 6.31. The number of halogens is 1. The van der Waals surface area contributed by atoms with Crippen LogP contribution in [-0.4, -0.2) is 5.97 Å². The Hall–Kier alpha value is -1.87. The fourth-order valence-corrected chi connectivity index (χ4v) is 2.43. The first-order valence-corrected chi connectivity index (χ1v) is 8.03. The average Bonchev–Trinajstić information content (AvgIpc) is 2.51. The van der Waals surface area contributed by atoms with E-state index in [0.29, 0.717) is 5.92 Å². The van der Waals surface area contributed by atoms with Crippen LogP contribution in [0.4, 0.5) is 0 Å². The number of hydrogen-bond acceptors (Lipinski definition) is 2. The first-order chi connectivity index (χ1) is 10.5. The fourth-order valence-electron chi connectivity index (χ4n) is 1.99. The minimum Gasteiger partial charge on any atom is -0.458 e. The van der Waals surface area contributed by atoms with Crippen LogP contribution in [0, 0.1) is 0 Å². The summed E-state index contributed by atoms with van der Waals surface area (Å²) >= 11 is 3.39. The van der Waals surface area contributed by atoms with Gasteiger partial charge in [0, 0.05) is 10.5 Å². The third-order valence-electron chi connectivity index (χ3n) is 3.29. The van der Waals surface area contributed by atoms with Crippen LogP contribution < -0.4 is 0 Å². The van der Waals surface area contributed by atoms with Crippen LogP contribution >= 0.6 is 15.9 Å². The first-order valence-electron chi connectivity index (χ1n) is 7.24. The molecule has 2 rings (SSSR count). The van der Waals surface area contributed by atoms with Gasteiger partial charge < -0.3 is 4.74 Å². The summed E-state index contributed by atoms with van der Waals surface area (Å²) in [5.74, 6) is 0.168. The number of rotatable bonds is 5. The van der Waals surface area contributed by atoms with Crippen molar-refractivity contribution in [3.63, 3.8) is 0 Å². The Kier molecular flexibility index (Phi) is 5.96. The van der Waals surface area contributed by atoms with E-state index in [2.05, 4.69) is 41.9 Å². The van der Waals surface area contributed by atoms with E-state index in [4.69, 9.17) is 4.74 Å². The highest BCUT2D eigenvalue weighted by Gasteiger charge is 2.00. The van der Waals surface area contributed by atoms with Gasteiger partial charge in [0.1, 0.15) is 6.61 Å². The van der Waals surface area contributed by atoms with Crippen molar-refractivity contribution in [2.24, 2.45) is 0 Å². The molecule has 0 N–H and O–H groups in total. The molecule has 0 aliphatic rings. The van der Waals surface area contributed by atoms with Gasteiger partial charge in [-0.3, -0.25) is 0 Å². The molecule has 2 aromatic rings. The molecule has 0 bridgehead atoms. The molecule has 0 saturated carbocycles. The number of ether oxygens (including phenoxy) is 1. The smallest absolute Gasteiger partial charge is 0.331 e. The maximum atomic E-state index is 11.7. The van der Waals surface area contributed by atoms with Crippen LogP contribution in [0.1, 0.15) is 36.5 Å². The van der Waals surface area contributed by atoms with Crippen LogP contribution in [-0.2, 0) is 16.1 Å². The van der Waals surface area contributed by atoms with Crippen molar-refractivity contribution in [3.05, 3.63) is 75.8 Å². The van der Waals surface area contributed by atoms with E-state index in [-0.39, 0.29) is 12.6 Å². The molecule has 0 fully saturated rings. The van der Waals surface area contributed by atoms with Crippen LogP contribution in [0.5, 0.6) is 0 Å². The highest BCUT2D eigenvalue weighted by Crippen LogP contribution is 2.15. The summed E-state index contributed by atoms with van der Waals surface area (Å²) < 4.78 is 6.19. The van der Waals surface area contributed by atoms with E-state index < -0.39 is 0 Å². The topological polar surface area (TPSA) is 26.3 Å². The number of carbonyl (C=O) groups is 1. The van der Waals surface area contributed by atoms with E-state index >= 15 is 0 Å². The lowest BCUT2D eigenvalue weighted by atomic mass is 10.0. The molecule has 0 amide bonds. The van der Waals surface area contributed by atoms with E-state index in [1.165, 1.54) is 11.6 Å². The van der Waals surface area contributed by atoms with Crippen LogP contribution in [0.25, 0.3) is 6.08 Å². The van der Waals surface area contributed by atoms with Crippen molar-refractivity contribution in [3.8, 4) is 0 Å². The summed E-state index contributed by atoms with van der Waals surface area (Å²) in [6, 6.07) is 15.9. The van der Waals surface area contributed by atoms with Crippen LogP contribution in [0.2, 0.25) is 0 Å². The van der Waals surface area contributed by atoms with Gasteiger partial charge in [0.05, 0.1) is 0 Å². The van der Waals surface area contributed by atoms with Crippen molar-refractivity contribution in [1.29, 1.82) is 0 Å². The summed E-state index contributed by atoms with van der Waals surface area (Å²) in [5, 5.41) is 0. The number of benzene rings is 2. The predicted octanol–water partition coefficient (Wildman–Crippen LogP) is 5.33. The Morgan fingerprint density at radius 2 is 1.91 bits per heavy atom. The Morgan fingerprint density at radius 3 is 2.55 bits per heavy atom. The molecule has 22 heavy (non-hydrogen) atoms. The van der Waals surface area contributed by atoms with Crippen molar-refractivity contribution >= 4 is 28.0 Å². The third-order valence-corrected chi connectivity index (χ3v) is 3.78. The summed E-state index contributed by atoms with van der Waals surface area (Å²) in [6.45, 7) is 4.59. The van der Waals surface area contributed by atoms with Gasteiger partial charge in [0.25, 0.3) is 0 Å². The lowest BCUT2D eigenvalue weighted by molar-refractivity contribution is -0.138. The Bertz CT molecular complexity index is 657. The van der Waals surface area contributed by atoms with Crippen molar-refractivity contribution < 1.29 is 9.53 Å². The van der Waals surface area contributed by atoms with Gasteiger partial charge in [-0.2, -0.15) is 0 Å². The van der Waals surface area contributed by atoms with Crippen molar-refractivity contribution in [2.45, 2.75) is 26.4 Å². The zero-order chi connectivity index (χ0) is 15.9. The maximum absolute atomic E-state index is 11.7. The molecule has 0 radical (unpaired) electrons. The Morgan fingerprint density at radius 1 is 1.18 bits per heavy atom. The monoisotopic (exact) mass is 358 g/mol. The Balaban J connectivity index is 1.88. The van der Waals surface area contributed by atoms with Gasteiger partial charge in [-0.25, -0.2) is 4.79 Å². The van der Waals surface area contributed by atoms with Gasteiger partial charge >= 0.3 is 5.97 Å². The summed E-state index contributed by atoms with van der Waals surface area (Å²) in [5.41, 5.74) is 3.23. The second-order valence-electron chi connectivity index (χ2n) is 5.39. The highest BCUT2D eigenvalue weighted by molar-refractivity contribution is 9.10. The molecule has 0 aromatic heterocycles. The molecule has 0 unspecified atom stereocenters. The molecular weight excluding hydrogens is 340 g/mol. The molecule has 114 valence electrons. The van der Waals surface area contributed by atoms with E-state index in [9.17, 15) is 4.79 Å². The quantitative estimate of drug-likeness (QED) is 0.533. The largest absolute Gasteiger partial charge is 0.458 e. The molecule has 3 heteroatoms.